The molecule has 0 spiro atoms. The van der Waals surface area contributed by atoms with E-state index < -0.39 is 51.1 Å². The first-order valence-electron chi connectivity index (χ1n) is 24.7. The number of esters is 2. The minimum absolute atomic E-state index is 0.145. The van der Waals surface area contributed by atoms with Crippen LogP contribution in [0.4, 0.5) is 0 Å². The quantitative estimate of drug-likeness (QED) is 0.0230. The molecule has 4 N–H and O–H groups in total. The number of aliphatic carboxylic acids is 1. The van der Waals surface area contributed by atoms with E-state index in [1.807, 2.05) is 0 Å². The number of hydrogen-bond acceptors (Lipinski definition) is 9. The van der Waals surface area contributed by atoms with E-state index in [1.165, 1.54) is 96.3 Å². The van der Waals surface area contributed by atoms with Crippen LogP contribution >= 0.6 is 7.82 Å². The summed E-state index contributed by atoms with van der Waals surface area (Å²) >= 11 is 0. The number of hydrogen-bond donors (Lipinski definition) is 3. The zero-order valence-electron chi connectivity index (χ0n) is 39.2. The molecule has 0 aromatic rings. The molecule has 0 radical (unpaired) electrons. The van der Waals surface area contributed by atoms with Crippen LogP contribution in [0.25, 0.3) is 0 Å². The summed E-state index contributed by atoms with van der Waals surface area (Å²) in [5.41, 5.74) is 5.35. The van der Waals surface area contributed by atoms with E-state index in [9.17, 15) is 23.8 Å². The predicted molar refractivity (Wildman–Crippen MR) is 254 cm³/mol. The molecule has 3 atom stereocenters. The molecule has 360 valence electrons. The second-order valence-electron chi connectivity index (χ2n) is 16.6. The molecule has 0 saturated heterocycles. The van der Waals surface area contributed by atoms with Crippen molar-refractivity contribution in [3.05, 3.63) is 48.6 Å². The van der Waals surface area contributed by atoms with Crippen LogP contribution in [0.3, 0.4) is 0 Å². The van der Waals surface area contributed by atoms with Gasteiger partial charge >= 0.3 is 25.7 Å². The summed E-state index contributed by atoms with van der Waals surface area (Å²) < 4.78 is 32.8. The Bertz CT molecular complexity index is 1240. The number of ether oxygens (including phenoxy) is 2. The number of carbonyl (C=O) groups is 3. The van der Waals surface area contributed by atoms with Crippen LogP contribution in [0.5, 0.6) is 0 Å². The van der Waals surface area contributed by atoms with E-state index in [-0.39, 0.29) is 19.4 Å². The molecular weight excluding hydrogens is 806 g/mol. The molecule has 0 aromatic heterocycles. The van der Waals surface area contributed by atoms with E-state index in [2.05, 4.69) is 67.0 Å². The molecule has 11 nitrogen and oxygen atoms in total. The maximum atomic E-state index is 12.7. The van der Waals surface area contributed by atoms with E-state index >= 15 is 0 Å². The zero-order valence-corrected chi connectivity index (χ0v) is 40.1. The van der Waals surface area contributed by atoms with Crippen LogP contribution in [0.15, 0.2) is 48.6 Å². The SMILES string of the molecule is CC/C=C\C/C=C\C/C=C\C/C=C\CCCCCCCCC(=O)OC(COC(=O)CCCCCCCCCCCCCCCCCCCCC)COP(=O)(O)OCC(N)C(=O)O. The van der Waals surface area contributed by atoms with Crippen molar-refractivity contribution in [1.82, 2.24) is 0 Å². The van der Waals surface area contributed by atoms with Gasteiger partial charge in [0.25, 0.3) is 0 Å². The van der Waals surface area contributed by atoms with Crippen LogP contribution in [0.2, 0.25) is 0 Å². The third-order valence-electron chi connectivity index (χ3n) is 10.6. The number of carboxylic acids is 1. The van der Waals surface area contributed by atoms with E-state index in [0.717, 1.165) is 83.5 Å². The Kier molecular flexibility index (Phi) is 43.2. The molecule has 0 amide bonds. The highest BCUT2D eigenvalue weighted by atomic mass is 31.2. The number of phosphoric acid groups is 1. The Balaban J connectivity index is 4.29. The number of allylic oxidation sites excluding steroid dienone is 8. The molecule has 3 unspecified atom stereocenters. The van der Waals surface area contributed by atoms with Gasteiger partial charge in [0.15, 0.2) is 6.10 Å². The average molecular weight is 896 g/mol. The lowest BCUT2D eigenvalue weighted by Crippen LogP contribution is -2.34. The molecule has 0 heterocycles. The second kappa shape index (κ2) is 45.0. The fourth-order valence-electron chi connectivity index (χ4n) is 6.76. The van der Waals surface area contributed by atoms with Gasteiger partial charge in [-0.05, 0) is 51.4 Å². The van der Waals surface area contributed by atoms with Crippen LogP contribution in [-0.4, -0.2) is 59.9 Å². The molecule has 12 heteroatoms. The molecule has 0 aliphatic heterocycles. The summed E-state index contributed by atoms with van der Waals surface area (Å²) in [6, 6.07) is -1.52. The van der Waals surface area contributed by atoms with Gasteiger partial charge in [-0.3, -0.25) is 23.4 Å². The smallest absolute Gasteiger partial charge is 0.472 e. The lowest BCUT2D eigenvalue weighted by atomic mass is 10.0. The predicted octanol–water partition coefficient (Wildman–Crippen LogP) is 13.7. The third-order valence-corrected chi connectivity index (χ3v) is 11.5. The minimum atomic E-state index is -4.72. The first kappa shape index (κ1) is 59.4. The fraction of sp³-hybridized carbons (Fsp3) is 0.780. The summed E-state index contributed by atoms with van der Waals surface area (Å²) in [5, 5.41) is 8.91. The topological polar surface area (TPSA) is 172 Å². The Morgan fingerprint density at radius 1 is 0.516 bits per heavy atom. The normalized spacial score (nSPS) is 14.0. The maximum absolute atomic E-state index is 12.7. The van der Waals surface area contributed by atoms with Crippen LogP contribution < -0.4 is 5.73 Å². The molecule has 0 rings (SSSR count). The van der Waals surface area contributed by atoms with Crippen LogP contribution in [0.1, 0.15) is 219 Å². The van der Waals surface area contributed by atoms with Gasteiger partial charge in [-0.25, -0.2) is 4.57 Å². The van der Waals surface area contributed by atoms with Crippen LogP contribution in [0, 0.1) is 0 Å². The van der Waals surface area contributed by atoms with Gasteiger partial charge in [-0.1, -0.05) is 204 Å². The second-order valence-corrected chi connectivity index (χ2v) is 18.0. The molecule has 0 aliphatic carbocycles. The average Bonchev–Trinajstić information content (AvgIpc) is 3.25. The summed E-state index contributed by atoms with van der Waals surface area (Å²) in [4.78, 5) is 46.1. The molecule has 0 bridgehead atoms. The highest BCUT2D eigenvalue weighted by Crippen LogP contribution is 2.43. The Hall–Kier alpha value is -2.56. The molecule has 62 heavy (non-hydrogen) atoms. The minimum Gasteiger partial charge on any atom is -0.480 e. The maximum Gasteiger partial charge on any atom is 0.472 e. The van der Waals surface area contributed by atoms with Crippen molar-refractivity contribution in [2.45, 2.75) is 231 Å². The Labute approximate surface area is 377 Å². The van der Waals surface area contributed by atoms with Gasteiger partial charge in [0, 0.05) is 12.8 Å². The summed E-state index contributed by atoms with van der Waals surface area (Å²) in [6.07, 6.45) is 51.7. The largest absolute Gasteiger partial charge is 0.480 e. The van der Waals surface area contributed by atoms with E-state index in [0.29, 0.717) is 12.8 Å². The molecule has 0 saturated carbocycles. The van der Waals surface area contributed by atoms with Gasteiger partial charge < -0.3 is 25.2 Å². The summed E-state index contributed by atoms with van der Waals surface area (Å²) in [5.74, 6) is -2.39. The molecular formula is C50H90NO10P. The highest BCUT2D eigenvalue weighted by molar-refractivity contribution is 7.47. The number of carbonyl (C=O) groups excluding carboxylic acids is 2. The Morgan fingerprint density at radius 2 is 0.903 bits per heavy atom. The number of rotatable bonds is 46. The first-order valence-corrected chi connectivity index (χ1v) is 26.2. The summed E-state index contributed by atoms with van der Waals surface area (Å²) in [7, 11) is -4.72. The van der Waals surface area contributed by atoms with Gasteiger partial charge in [-0.2, -0.15) is 0 Å². The van der Waals surface area contributed by atoms with Gasteiger partial charge in [0.1, 0.15) is 12.6 Å². The highest BCUT2D eigenvalue weighted by Gasteiger charge is 2.28. The van der Waals surface area contributed by atoms with Gasteiger partial charge in [0.2, 0.25) is 0 Å². The van der Waals surface area contributed by atoms with Crippen molar-refractivity contribution in [2.75, 3.05) is 19.8 Å². The van der Waals surface area contributed by atoms with Crippen molar-refractivity contribution in [3.8, 4) is 0 Å². The van der Waals surface area contributed by atoms with Crippen molar-refractivity contribution in [3.63, 3.8) is 0 Å². The molecule has 0 fully saturated rings. The van der Waals surface area contributed by atoms with Crippen molar-refractivity contribution >= 4 is 25.7 Å². The number of carboxylic acid groups (broad SMARTS) is 1. The lowest BCUT2D eigenvalue weighted by molar-refractivity contribution is -0.161. The molecule has 0 aromatic carbocycles. The monoisotopic (exact) mass is 896 g/mol. The van der Waals surface area contributed by atoms with Crippen molar-refractivity contribution in [1.29, 1.82) is 0 Å². The zero-order chi connectivity index (χ0) is 45.6. The Morgan fingerprint density at radius 3 is 1.35 bits per heavy atom. The van der Waals surface area contributed by atoms with Gasteiger partial charge in [-0.15, -0.1) is 0 Å². The van der Waals surface area contributed by atoms with Crippen LogP contribution in [-0.2, 0) is 37.5 Å². The fourth-order valence-corrected chi connectivity index (χ4v) is 7.54. The number of unbranched alkanes of at least 4 members (excludes halogenated alkanes) is 24. The number of nitrogens with two attached hydrogens (primary N) is 1. The summed E-state index contributed by atoms with van der Waals surface area (Å²) in [6.45, 7) is 2.71. The van der Waals surface area contributed by atoms with Crippen molar-refractivity contribution < 1.29 is 47.5 Å². The third kappa shape index (κ3) is 44.1. The molecule has 0 aliphatic rings. The first-order chi connectivity index (χ1) is 30.1. The van der Waals surface area contributed by atoms with Gasteiger partial charge in [0.05, 0.1) is 13.2 Å². The van der Waals surface area contributed by atoms with Crippen molar-refractivity contribution in [2.24, 2.45) is 5.73 Å². The van der Waals surface area contributed by atoms with E-state index in [4.69, 9.17) is 24.8 Å². The van der Waals surface area contributed by atoms with E-state index in [1.54, 1.807) is 0 Å². The number of phosphoric ester groups is 1. The lowest BCUT2D eigenvalue weighted by Gasteiger charge is -2.20. The standard InChI is InChI=1S/C50H90NO10P/c1-3-5-7-9-11-13-15-17-19-21-23-25-27-29-31-33-35-37-39-41-48(52)58-43-46(44-59-62(56,57)60-45-47(51)50(54)55)61-49(53)42-40-38-36-34-32-30-28-26-24-22-20-18-16-14-12-10-8-6-4-2/h6,8,12,14,18,20,24,26,46-47H,3-5,7,9-11,13,15-17,19,21-23,25,27-45,51H2,1-2H3,(H,54,55)(H,56,57)/b8-6-,14-12-,20-18-,26-24-.